The van der Waals surface area contributed by atoms with Gasteiger partial charge in [0.1, 0.15) is 0 Å². The van der Waals surface area contributed by atoms with E-state index in [-0.39, 0.29) is 0 Å². The Kier molecular flexibility index (Phi) is 5.42. The zero-order valence-electron chi connectivity index (χ0n) is 11.6. The van der Waals surface area contributed by atoms with E-state index < -0.39 is 0 Å². The van der Waals surface area contributed by atoms with Crippen LogP contribution in [0.15, 0.2) is 0 Å². The van der Waals surface area contributed by atoms with Gasteiger partial charge in [0.05, 0.1) is 13.2 Å². The van der Waals surface area contributed by atoms with Gasteiger partial charge in [0.25, 0.3) is 0 Å². The SMILES string of the molecule is CC(CN1CCCC1CO)CN1CCCC1CO. The number of aliphatic hydroxyl groups is 2. The molecule has 2 atom stereocenters. The maximum atomic E-state index is 9.33. The summed E-state index contributed by atoms with van der Waals surface area (Å²) in [6, 6.07) is 0.777. The minimum Gasteiger partial charge on any atom is -0.395 e. The summed E-state index contributed by atoms with van der Waals surface area (Å²) < 4.78 is 0. The van der Waals surface area contributed by atoms with E-state index in [1.54, 1.807) is 0 Å². The van der Waals surface area contributed by atoms with Crippen molar-refractivity contribution in [2.24, 2.45) is 5.92 Å². The highest BCUT2D eigenvalue weighted by molar-refractivity contribution is 4.83. The van der Waals surface area contributed by atoms with Crippen molar-refractivity contribution in [3.63, 3.8) is 0 Å². The quantitative estimate of drug-likeness (QED) is 0.728. The van der Waals surface area contributed by atoms with Crippen LogP contribution in [0.5, 0.6) is 0 Å². The molecule has 2 heterocycles. The second-order valence-corrected chi connectivity index (χ2v) is 6.05. The fraction of sp³-hybridized carbons (Fsp3) is 1.00. The van der Waals surface area contributed by atoms with Gasteiger partial charge < -0.3 is 10.2 Å². The number of aliphatic hydroxyl groups excluding tert-OH is 2. The first-order chi connectivity index (χ1) is 8.74. The highest BCUT2D eigenvalue weighted by Crippen LogP contribution is 2.21. The molecule has 2 aliphatic rings. The summed E-state index contributed by atoms with van der Waals surface area (Å²) in [6.45, 7) is 7.34. The maximum absolute atomic E-state index is 9.33. The lowest BCUT2D eigenvalue weighted by Crippen LogP contribution is -2.41. The molecule has 2 aliphatic heterocycles. The van der Waals surface area contributed by atoms with Crippen LogP contribution in [-0.4, -0.2) is 71.5 Å². The predicted octanol–water partition coefficient (Wildman–Crippen LogP) is 0.536. The Morgan fingerprint density at radius 2 is 1.39 bits per heavy atom. The van der Waals surface area contributed by atoms with Crippen LogP contribution >= 0.6 is 0 Å². The van der Waals surface area contributed by atoms with E-state index in [9.17, 15) is 10.2 Å². The Morgan fingerprint density at radius 3 is 1.78 bits per heavy atom. The first-order valence-corrected chi connectivity index (χ1v) is 7.44. The average Bonchev–Trinajstić information content (AvgIpc) is 2.97. The van der Waals surface area contributed by atoms with E-state index in [4.69, 9.17) is 0 Å². The summed E-state index contributed by atoms with van der Waals surface area (Å²) >= 11 is 0. The molecule has 2 saturated heterocycles. The van der Waals surface area contributed by atoms with Crippen LogP contribution in [0.3, 0.4) is 0 Å². The predicted molar refractivity (Wildman–Crippen MR) is 72.5 cm³/mol. The fourth-order valence-electron chi connectivity index (χ4n) is 3.54. The van der Waals surface area contributed by atoms with E-state index in [1.165, 1.54) is 12.8 Å². The first-order valence-electron chi connectivity index (χ1n) is 7.44. The van der Waals surface area contributed by atoms with E-state index in [0.717, 1.165) is 39.0 Å². The second kappa shape index (κ2) is 6.85. The Balaban J connectivity index is 1.76. The molecule has 2 fully saturated rings. The van der Waals surface area contributed by atoms with Gasteiger partial charge in [-0.2, -0.15) is 0 Å². The van der Waals surface area contributed by atoms with Crippen LogP contribution in [-0.2, 0) is 0 Å². The number of hydrogen-bond acceptors (Lipinski definition) is 4. The number of likely N-dealkylation sites (tertiary alicyclic amines) is 2. The summed E-state index contributed by atoms with van der Waals surface area (Å²) in [5.74, 6) is 0.615. The largest absolute Gasteiger partial charge is 0.395 e. The Morgan fingerprint density at radius 1 is 0.944 bits per heavy atom. The van der Waals surface area contributed by atoms with Crippen LogP contribution < -0.4 is 0 Å². The Labute approximate surface area is 111 Å². The van der Waals surface area contributed by atoms with E-state index in [1.807, 2.05) is 0 Å². The molecular formula is C14H28N2O2. The smallest absolute Gasteiger partial charge is 0.0586 e. The van der Waals surface area contributed by atoms with Crippen LogP contribution in [0.4, 0.5) is 0 Å². The molecule has 0 saturated carbocycles. The third kappa shape index (κ3) is 3.44. The topological polar surface area (TPSA) is 46.9 Å². The molecule has 0 aromatic heterocycles. The van der Waals surface area contributed by atoms with Gasteiger partial charge in [0.2, 0.25) is 0 Å². The van der Waals surface area contributed by atoms with Crippen molar-refractivity contribution in [2.75, 3.05) is 39.4 Å². The minimum atomic E-state index is 0.301. The van der Waals surface area contributed by atoms with Gasteiger partial charge in [-0.25, -0.2) is 0 Å². The number of nitrogens with zero attached hydrogens (tertiary/aromatic N) is 2. The first kappa shape index (κ1) is 14.3. The molecule has 2 unspecified atom stereocenters. The summed E-state index contributed by atoms with van der Waals surface area (Å²) in [7, 11) is 0. The number of rotatable bonds is 6. The molecule has 0 aromatic rings. The molecule has 2 N–H and O–H groups in total. The molecule has 4 nitrogen and oxygen atoms in total. The van der Waals surface area contributed by atoms with Crippen LogP contribution in [0.2, 0.25) is 0 Å². The molecule has 106 valence electrons. The average molecular weight is 256 g/mol. The zero-order chi connectivity index (χ0) is 13.0. The molecular weight excluding hydrogens is 228 g/mol. The van der Waals surface area contributed by atoms with Crippen molar-refractivity contribution >= 4 is 0 Å². The molecule has 0 radical (unpaired) electrons. The molecule has 0 bridgehead atoms. The van der Waals surface area contributed by atoms with E-state index in [0.29, 0.717) is 31.2 Å². The zero-order valence-corrected chi connectivity index (χ0v) is 11.6. The van der Waals surface area contributed by atoms with Crippen molar-refractivity contribution in [1.29, 1.82) is 0 Å². The van der Waals surface area contributed by atoms with Crippen molar-refractivity contribution in [1.82, 2.24) is 9.80 Å². The minimum absolute atomic E-state index is 0.301. The number of hydrogen-bond donors (Lipinski definition) is 2. The molecule has 2 rings (SSSR count). The van der Waals surface area contributed by atoms with Gasteiger partial charge in [0.15, 0.2) is 0 Å². The normalized spacial score (nSPS) is 32.2. The molecule has 18 heavy (non-hydrogen) atoms. The van der Waals surface area contributed by atoms with Crippen molar-refractivity contribution < 1.29 is 10.2 Å². The monoisotopic (exact) mass is 256 g/mol. The van der Waals surface area contributed by atoms with Crippen LogP contribution in [0, 0.1) is 5.92 Å². The Bertz CT molecular complexity index is 226. The molecule has 0 amide bonds. The molecule has 0 aromatic carbocycles. The van der Waals surface area contributed by atoms with Gasteiger partial charge in [-0.1, -0.05) is 6.92 Å². The van der Waals surface area contributed by atoms with E-state index in [2.05, 4.69) is 16.7 Å². The van der Waals surface area contributed by atoms with Gasteiger partial charge in [-0.05, 0) is 44.7 Å². The van der Waals surface area contributed by atoms with Gasteiger partial charge >= 0.3 is 0 Å². The summed E-state index contributed by atoms with van der Waals surface area (Å²) in [5, 5.41) is 18.7. The standard InChI is InChI=1S/C14H28N2O2/c1-12(8-15-6-2-4-13(15)10-17)9-16-7-3-5-14(16)11-18/h12-14,17-18H,2-11H2,1H3. The highest BCUT2D eigenvalue weighted by atomic mass is 16.3. The van der Waals surface area contributed by atoms with Gasteiger partial charge in [-0.15, -0.1) is 0 Å². The molecule has 0 spiro atoms. The summed E-state index contributed by atoms with van der Waals surface area (Å²) in [4.78, 5) is 4.88. The summed E-state index contributed by atoms with van der Waals surface area (Å²) in [5.41, 5.74) is 0. The van der Waals surface area contributed by atoms with Gasteiger partial charge in [0, 0.05) is 25.2 Å². The van der Waals surface area contributed by atoms with Crippen molar-refractivity contribution in [3.8, 4) is 0 Å². The third-order valence-electron chi connectivity index (χ3n) is 4.51. The lowest BCUT2D eigenvalue weighted by atomic mass is 10.1. The van der Waals surface area contributed by atoms with Crippen LogP contribution in [0.1, 0.15) is 32.6 Å². The maximum Gasteiger partial charge on any atom is 0.0586 e. The third-order valence-corrected chi connectivity index (χ3v) is 4.51. The highest BCUT2D eigenvalue weighted by Gasteiger charge is 2.28. The lowest BCUT2D eigenvalue weighted by molar-refractivity contribution is 0.112. The molecule has 0 aliphatic carbocycles. The fourth-order valence-corrected chi connectivity index (χ4v) is 3.54. The summed E-state index contributed by atoms with van der Waals surface area (Å²) in [6.07, 6.45) is 4.74. The van der Waals surface area contributed by atoms with Crippen molar-refractivity contribution in [3.05, 3.63) is 0 Å². The Hall–Kier alpha value is -0.160. The van der Waals surface area contributed by atoms with E-state index >= 15 is 0 Å². The second-order valence-electron chi connectivity index (χ2n) is 6.05. The van der Waals surface area contributed by atoms with Gasteiger partial charge in [-0.3, -0.25) is 9.80 Å². The molecule has 4 heteroatoms. The van der Waals surface area contributed by atoms with Crippen LogP contribution in [0.25, 0.3) is 0 Å². The lowest BCUT2D eigenvalue weighted by Gasteiger charge is -2.30. The van der Waals surface area contributed by atoms with Crippen molar-refractivity contribution in [2.45, 2.75) is 44.7 Å².